The summed E-state index contributed by atoms with van der Waals surface area (Å²) in [6.45, 7) is 9.00. The number of azo groups is 1. The largest absolute Gasteiger partial charge is 0.494 e. The minimum absolute atomic E-state index is 0.749. The Labute approximate surface area is 194 Å². The molecular formula is C28H38N2O2. The van der Waals surface area contributed by atoms with Crippen LogP contribution in [0.3, 0.4) is 0 Å². The lowest BCUT2D eigenvalue weighted by Gasteiger charge is -2.06. The van der Waals surface area contributed by atoms with Crippen molar-refractivity contribution in [3.63, 3.8) is 0 Å². The molecule has 0 aromatic heterocycles. The molecule has 0 spiro atoms. The molecule has 0 radical (unpaired) electrons. The van der Waals surface area contributed by atoms with Gasteiger partial charge in [0.1, 0.15) is 11.5 Å². The first-order valence-electron chi connectivity index (χ1n) is 11.9. The molecule has 0 aliphatic heterocycles. The van der Waals surface area contributed by atoms with Crippen LogP contribution < -0.4 is 9.47 Å². The smallest absolute Gasteiger partial charge is 0.119 e. The van der Waals surface area contributed by atoms with Gasteiger partial charge < -0.3 is 9.47 Å². The number of nitrogens with zero attached hydrogens (tertiary/aromatic N) is 2. The number of ether oxygens (including phenoxy) is 2. The lowest BCUT2D eigenvalue weighted by molar-refractivity contribution is 0.304. The van der Waals surface area contributed by atoms with Gasteiger partial charge in [-0.2, -0.15) is 10.2 Å². The highest BCUT2D eigenvalue weighted by Crippen LogP contribution is 2.23. The SMILES string of the molecule is C=CCCCCCCOc1ccc(N=Nc2ccc(OCCCCCCC=C)cc2)cc1. The van der Waals surface area contributed by atoms with Crippen LogP contribution in [0.15, 0.2) is 84.1 Å². The third-order valence-electron chi connectivity index (χ3n) is 5.10. The number of hydrogen-bond donors (Lipinski definition) is 0. The Hall–Kier alpha value is -2.88. The molecule has 0 amide bonds. The summed E-state index contributed by atoms with van der Waals surface area (Å²) in [7, 11) is 0. The molecule has 0 aliphatic carbocycles. The first kappa shape index (κ1) is 25.4. The molecule has 2 aromatic rings. The molecule has 0 saturated carbocycles. The van der Waals surface area contributed by atoms with Gasteiger partial charge in [-0.3, -0.25) is 0 Å². The van der Waals surface area contributed by atoms with Gasteiger partial charge in [-0.1, -0.05) is 37.8 Å². The van der Waals surface area contributed by atoms with Gasteiger partial charge in [0.15, 0.2) is 0 Å². The summed E-state index contributed by atoms with van der Waals surface area (Å²) in [5.41, 5.74) is 1.61. The Morgan fingerprint density at radius 3 is 1.28 bits per heavy atom. The van der Waals surface area contributed by atoms with Crippen LogP contribution in [0.25, 0.3) is 0 Å². The molecular weight excluding hydrogens is 396 g/mol. The van der Waals surface area contributed by atoms with Crippen LogP contribution in [0.1, 0.15) is 64.2 Å². The van der Waals surface area contributed by atoms with E-state index in [4.69, 9.17) is 9.47 Å². The Balaban J connectivity index is 1.64. The lowest BCUT2D eigenvalue weighted by atomic mass is 10.1. The average molecular weight is 435 g/mol. The van der Waals surface area contributed by atoms with Crippen molar-refractivity contribution in [2.45, 2.75) is 64.2 Å². The summed E-state index contributed by atoms with van der Waals surface area (Å²) >= 11 is 0. The topological polar surface area (TPSA) is 43.2 Å². The molecule has 2 rings (SSSR count). The summed E-state index contributed by atoms with van der Waals surface area (Å²) in [6.07, 6.45) is 15.6. The van der Waals surface area contributed by atoms with Crippen molar-refractivity contribution in [3.8, 4) is 11.5 Å². The fourth-order valence-electron chi connectivity index (χ4n) is 3.20. The third kappa shape index (κ3) is 11.5. The number of hydrogen-bond acceptors (Lipinski definition) is 4. The molecule has 0 unspecified atom stereocenters. The van der Waals surface area contributed by atoms with E-state index in [-0.39, 0.29) is 0 Å². The fraction of sp³-hybridized carbons (Fsp3) is 0.429. The molecule has 2 aromatic carbocycles. The van der Waals surface area contributed by atoms with Crippen molar-refractivity contribution in [2.75, 3.05) is 13.2 Å². The molecule has 0 atom stereocenters. The first-order valence-corrected chi connectivity index (χ1v) is 11.9. The van der Waals surface area contributed by atoms with Crippen molar-refractivity contribution in [1.82, 2.24) is 0 Å². The van der Waals surface area contributed by atoms with E-state index in [2.05, 4.69) is 23.4 Å². The van der Waals surface area contributed by atoms with Crippen molar-refractivity contribution in [2.24, 2.45) is 10.2 Å². The average Bonchev–Trinajstić information content (AvgIpc) is 2.83. The van der Waals surface area contributed by atoms with Crippen molar-refractivity contribution >= 4 is 11.4 Å². The van der Waals surface area contributed by atoms with Gasteiger partial charge in [-0.05, 0) is 87.1 Å². The summed E-state index contributed by atoms with van der Waals surface area (Å²) in [5.74, 6) is 1.74. The van der Waals surface area contributed by atoms with E-state index < -0.39 is 0 Å². The second-order valence-electron chi connectivity index (χ2n) is 7.87. The zero-order chi connectivity index (χ0) is 22.7. The van der Waals surface area contributed by atoms with Crippen LogP contribution in [-0.2, 0) is 0 Å². The maximum Gasteiger partial charge on any atom is 0.119 e. The number of allylic oxidation sites excluding steroid dienone is 2. The minimum Gasteiger partial charge on any atom is -0.494 e. The molecule has 0 saturated heterocycles. The van der Waals surface area contributed by atoms with E-state index >= 15 is 0 Å². The Kier molecular flexibility index (Phi) is 13.3. The van der Waals surface area contributed by atoms with Gasteiger partial charge in [0.25, 0.3) is 0 Å². The highest BCUT2D eigenvalue weighted by Gasteiger charge is 1.98. The van der Waals surface area contributed by atoms with Crippen molar-refractivity contribution in [1.29, 1.82) is 0 Å². The maximum absolute atomic E-state index is 5.80. The summed E-state index contributed by atoms with van der Waals surface area (Å²) in [6, 6.07) is 15.5. The molecule has 0 fully saturated rings. The highest BCUT2D eigenvalue weighted by atomic mass is 16.5. The molecule has 172 valence electrons. The van der Waals surface area contributed by atoms with Gasteiger partial charge in [0.05, 0.1) is 24.6 Å². The van der Waals surface area contributed by atoms with Crippen molar-refractivity contribution in [3.05, 3.63) is 73.8 Å². The molecule has 0 bridgehead atoms. The standard InChI is InChI=1S/C28H38N2O2/c1-3-5-7-9-11-13-23-31-27-19-15-25(16-20-27)29-30-26-17-21-28(22-18-26)32-24-14-12-10-8-6-4-2/h3-4,15-22H,1-2,5-14,23-24H2. The zero-order valence-corrected chi connectivity index (χ0v) is 19.4. The van der Waals surface area contributed by atoms with Gasteiger partial charge in [0.2, 0.25) is 0 Å². The molecule has 32 heavy (non-hydrogen) atoms. The van der Waals surface area contributed by atoms with Gasteiger partial charge >= 0.3 is 0 Å². The Morgan fingerprint density at radius 2 is 0.906 bits per heavy atom. The Bertz CT molecular complexity index is 715. The summed E-state index contributed by atoms with van der Waals surface area (Å²) in [4.78, 5) is 0. The quantitative estimate of drug-likeness (QED) is 0.133. The van der Waals surface area contributed by atoms with Gasteiger partial charge in [-0.25, -0.2) is 0 Å². The number of benzene rings is 2. The lowest BCUT2D eigenvalue weighted by Crippen LogP contribution is -1.96. The second kappa shape index (κ2) is 16.8. The summed E-state index contributed by atoms with van der Waals surface area (Å²) < 4.78 is 11.6. The minimum atomic E-state index is 0.749. The van der Waals surface area contributed by atoms with E-state index in [1.54, 1.807) is 0 Å². The van der Waals surface area contributed by atoms with Crippen LogP contribution in [0, 0.1) is 0 Å². The normalized spacial score (nSPS) is 10.9. The molecule has 0 aliphatic rings. The van der Waals surface area contributed by atoms with Crippen LogP contribution in [0.2, 0.25) is 0 Å². The monoisotopic (exact) mass is 434 g/mol. The zero-order valence-electron chi connectivity index (χ0n) is 19.4. The summed E-state index contributed by atoms with van der Waals surface area (Å²) in [5, 5.41) is 8.62. The van der Waals surface area contributed by atoms with E-state index in [9.17, 15) is 0 Å². The molecule has 4 nitrogen and oxygen atoms in total. The fourth-order valence-corrected chi connectivity index (χ4v) is 3.20. The number of rotatable bonds is 18. The van der Waals surface area contributed by atoms with Gasteiger partial charge in [-0.15, -0.1) is 13.2 Å². The second-order valence-corrected chi connectivity index (χ2v) is 7.87. The van der Waals surface area contributed by atoms with Crippen molar-refractivity contribution < 1.29 is 9.47 Å². The van der Waals surface area contributed by atoms with Crippen LogP contribution in [0.5, 0.6) is 11.5 Å². The van der Waals surface area contributed by atoms with E-state index in [1.165, 1.54) is 38.5 Å². The molecule has 0 heterocycles. The number of unbranched alkanes of at least 4 members (excludes halogenated alkanes) is 8. The van der Waals surface area contributed by atoms with E-state index in [0.29, 0.717) is 0 Å². The third-order valence-corrected chi connectivity index (χ3v) is 5.10. The van der Waals surface area contributed by atoms with Crippen LogP contribution in [0.4, 0.5) is 11.4 Å². The van der Waals surface area contributed by atoms with E-state index in [0.717, 1.165) is 61.8 Å². The molecule has 4 heteroatoms. The predicted molar refractivity (Wildman–Crippen MR) is 135 cm³/mol. The highest BCUT2D eigenvalue weighted by molar-refractivity contribution is 5.44. The van der Waals surface area contributed by atoms with E-state index in [1.807, 2.05) is 60.7 Å². The predicted octanol–water partition coefficient (Wildman–Crippen LogP) is 9.13. The van der Waals surface area contributed by atoms with Crippen LogP contribution >= 0.6 is 0 Å². The maximum atomic E-state index is 5.80. The van der Waals surface area contributed by atoms with Gasteiger partial charge in [0, 0.05) is 0 Å². The first-order chi connectivity index (χ1) is 15.8. The molecule has 0 N–H and O–H groups in total. The van der Waals surface area contributed by atoms with Crippen LogP contribution in [-0.4, -0.2) is 13.2 Å². The Morgan fingerprint density at radius 1 is 0.531 bits per heavy atom.